The number of rotatable bonds is 36. The first-order valence-electron chi connectivity index (χ1n) is 19.4. The molecule has 4 N–H and O–H groups in total. The van der Waals surface area contributed by atoms with Gasteiger partial charge in [-0.2, -0.15) is 21.7 Å². The molecular weight excluding hydrogens is 689 g/mol. The SMILES string of the molecule is CCCCCCCCC(C(O)CCCCCCCC(=O)OOC(CCCCCCCC(=O)O)C(CCCCCCCC)S(=O)(=O)O)S(=O)(=O)O. The maximum atomic E-state index is 12.5. The first-order chi connectivity index (χ1) is 23.7. The van der Waals surface area contributed by atoms with Crippen LogP contribution in [-0.2, 0) is 39.6 Å². The van der Waals surface area contributed by atoms with Gasteiger partial charge in [-0.3, -0.25) is 18.8 Å². The van der Waals surface area contributed by atoms with E-state index in [9.17, 15) is 40.6 Å². The van der Waals surface area contributed by atoms with E-state index in [0.29, 0.717) is 51.4 Å². The maximum absolute atomic E-state index is 12.5. The molecule has 0 aliphatic carbocycles. The van der Waals surface area contributed by atoms with Gasteiger partial charge in [-0.15, -0.1) is 0 Å². The van der Waals surface area contributed by atoms with E-state index in [-0.39, 0.29) is 38.5 Å². The van der Waals surface area contributed by atoms with Gasteiger partial charge in [-0.05, 0) is 38.5 Å². The van der Waals surface area contributed by atoms with Gasteiger partial charge in [0.1, 0.15) is 16.6 Å². The van der Waals surface area contributed by atoms with Gasteiger partial charge in [0, 0.05) is 12.8 Å². The number of aliphatic carboxylic acids is 1. The monoisotopic (exact) mass is 758 g/mol. The predicted octanol–water partition coefficient (Wildman–Crippen LogP) is 8.75. The Hall–Kier alpha value is -1.32. The van der Waals surface area contributed by atoms with Gasteiger partial charge in [0.25, 0.3) is 20.2 Å². The molecule has 0 fully saturated rings. The van der Waals surface area contributed by atoms with Crippen LogP contribution in [0.3, 0.4) is 0 Å². The van der Waals surface area contributed by atoms with Crippen LogP contribution in [0.15, 0.2) is 0 Å². The molecule has 0 amide bonds. The molecule has 0 radical (unpaired) electrons. The van der Waals surface area contributed by atoms with Gasteiger partial charge in [-0.25, -0.2) is 4.79 Å². The van der Waals surface area contributed by atoms with Gasteiger partial charge >= 0.3 is 11.9 Å². The number of carboxylic acids is 1. The Balaban J connectivity index is 4.73. The summed E-state index contributed by atoms with van der Waals surface area (Å²) in [6.07, 6.45) is 17.0. The summed E-state index contributed by atoms with van der Waals surface area (Å²) in [5.41, 5.74) is 0. The summed E-state index contributed by atoms with van der Waals surface area (Å²) in [5, 5.41) is 16.9. The molecule has 0 aromatic carbocycles. The molecule has 0 spiro atoms. The van der Waals surface area contributed by atoms with Gasteiger partial charge in [-0.1, -0.05) is 142 Å². The molecule has 4 unspecified atom stereocenters. The van der Waals surface area contributed by atoms with Gasteiger partial charge in [0.05, 0.1) is 6.10 Å². The number of aliphatic hydroxyl groups excluding tert-OH is 1. The third kappa shape index (κ3) is 27.3. The number of hydrogen-bond donors (Lipinski definition) is 4. The summed E-state index contributed by atoms with van der Waals surface area (Å²) in [6, 6.07) is 0. The molecule has 298 valence electrons. The van der Waals surface area contributed by atoms with Gasteiger partial charge < -0.3 is 10.2 Å². The van der Waals surface area contributed by atoms with Crippen molar-refractivity contribution < 1.29 is 55.5 Å². The third-order valence-corrected chi connectivity index (χ3v) is 11.9. The lowest BCUT2D eigenvalue weighted by molar-refractivity contribution is -0.299. The second kappa shape index (κ2) is 30.2. The fraction of sp³-hybridized carbons (Fsp3) is 0.944. The first kappa shape index (κ1) is 48.7. The molecule has 0 aromatic rings. The number of carbonyl (C=O) groups excluding carboxylic acids is 1. The van der Waals surface area contributed by atoms with Crippen molar-refractivity contribution in [2.24, 2.45) is 0 Å². The number of unbranched alkanes of at least 4 members (excludes halogenated alkanes) is 18. The summed E-state index contributed by atoms with van der Waals surface area (Å²) in [5.74, 6) is -1.48. The van der Waals surface area contributed by atoms with Crippen molar-refractivity contribution in [3.05, 3.63) is 0 Å². The van der Waals surface area contributed by atoms with Crippen molar-refractivity contribution in [2.45, 2.75) is 216 Å². The molecule has 0 aliphatic heterocycles. The summed E-state index contributed by atoms with van der Waals surface area (Å²) < 4.78 is 68.1. The van der Waals surface area contributed by atoms with E-state index in [4.69, 9.17) is 14.9 Å². The maximum Gasteiger partial charge on any atom is 0.342 e. The minimum absolute atomic E-state index is 0.0516. The van der Waals surface area contributed by atoms with Crippen molar-refractivity contribution in [3.63, 3.8) is 0 Å². The quantitative estimate of drug-likeness (QED) is 0.0205. The van der Waals surface area contributed by atoms with Crippen LogP contribution in [0.5, 0.6) is 0 Å². The summed E-state index contributed by atoms with van der Waals surface area (Å²) in [6.45, 7) is 4.23. The van der Waals surface area contributed by atoms with Crippen molar-refractivity contribution >= 4 is 32.2 Å². The highest BCUT2D eigenvalue weighted by Crippen LogP contribution is 2.24. The smallest absolute Gasteiger partial charge is 0.342 e. The highest BCUT2D eigenvalue weighted by atomic mass is 32.2. The fourth-order valence-electron chi connectivity index (χ4n) is 6.26. The lowest BCUT2D eigenvalue weighted by Gasteiger charge is -2.23. The van der Waals surface area contributed by atoms with E-state index < -0.39 is 54.9 Å². The van der Waals surface area contributed by atoms with Crippen LogP contribution in [0.25, 0.3) is 0 Å². The zero-order chi connectivity index (χ0) is 37.7. The molecule has 0 saturated carbocycles. The van der Waals surface area contributed by atoms with E-state index in [1.807, 2.05) is 0 Å². The van der Waals surface area contributed by atoms with Crippen LogP contribution >= 0.6 is 0 Å². The second-order valence-electron chi connectivity index (χ2n) is 13.9. The molecule has 0 aromatic heterocycles. The zero-order valence-corrected chi connectivity index (χ0v) is 32.6. The largest absolute Gasteiger partial charge is 0.481 e. The molecular formula is C36H70O12S2. The van der Waals surface area contributed by atoms with Crippen LogP contribution in [0.2, 0.25) is 0 Å². The van der Waals surface area contributed by atoms with E-state index in [2.05, 4.69) is 13.8 Å². The average molecular weight is 759 g/mol. The van der Waals surface area contributed by atoms with E-state index in [1.54, 1.807) is 0 Å². The van der Waals surface area contributed by atoms with Crippen molar-refractivity contribution in [2.75, 3.05) is 0 Å². The fourth-order valence-corrected chi connectivity index (χ4v) is 8.29. The third-order valence-electron chi connectivity index (χ3n) is 9.32. The topological polar surface area (TPSA) is 202 Å². The molecule has 0 rings (SSSR count). The molecule has 4 atom stereocenters. The van der Waals surface area contributed by atoms with Gasteiger partial charge in [0.2, 0.25) is 0 Å². The molecule has 50 heavy (non-hydrogen) atoms. The highest BCUT2D eigenvalue weighted by Gasteiger charge is 2.34. The molecule has 14 heteroatoms. The van der Waals surface area contributed by atoms with Crippen LogP contribution in [-0.4, -0.2) is 70.8 Å². The van der Waals surface area contributed by atoms with E-state index in [0.717, 1.165) is 89.9 Å². The Labute approximate surface area is 303 Å². The normalized spacial score (nSPS) is 14.7. The van der Waals surface area contributed by atoms with E-state index >= 15 is 0 Å². The van der Waals surface area contributed by atoms with Crippen LogP contribution in [0.1, 0.15) is 194 Å². The van der Waals surface area contributed by atoms with Gasteiger partial charge in [0.15, 0.2) is 0 Å². The van der Waals surface area contributed by atoms with Crippen molar-refractivity contribution in [1.29, 1.82) is 0 Å². The zero-order valence-electron chi connectivity index (χ0n) is 31.0. The van der Waals surface area contributed by atoms with Crippen LogP contribution in [0.4, 0.5) is 0 Å². The average Bonchev–Trinajstić information content (AvgIpc) is 3.03. The standard InChI is InChI=1S/C36H70O12S2/c1-3-5-7-9-15-21-27-33(49(41,42)43)31(37)25-19-13-11-18-24-30-36(40)48-47-32(26-20-14-12-17-23-29-35(38)39)34(50(44,45)46)28-22-16-10-8-6-4-2/h31-34,37H,3-30H2,1-2H3,(H,38,39)(H,41,42,43)(H,44,45,46). The predicted molar refractivity (Wildman–Crippen MR) is 196 cm³/mol. The summed E-state index contributed by atoms with van der Waals surface area (Å²) in [4.78, 5) is 33.6. The molecule has 12 nitrogen and oxygen atoms in total. The van der Waals surface area contributed by atoms with Crippen molar-refractivity contribution in [3.8, 4) is 0 Å². The lowest BCUT2D eigenvalue weighted by atomic mass is 10.0. The number of carbonyl (C=O) groups is 2. The highest BCUT2D eigenvalue weighted by molar-refractivity contribution is 7.86. The Morgan fingerprint density at radius 2 is 0.900 bits per heavy atom. The molecule has 0 bridgehead atoms. The minimum Gasteiger partial charge on any atom is -0.481 e. The molecule has 0 heterocycles. The Kier molecular flexibility index (Phi) is 29.4. The number of carboxylic acid groups (broad SMARTS) is 1. The first-order valence-corrected chi connectivity index (χ1v) is 22.4. The lowest BCUT2D eigenvalue weighted by Crippen LogP contribution is -2.36. The minimum atomic E-state index is -4.48. The molecule has 0 aliphatic rings. The second-order valence-corrected chi connectivity index (χ2v) is 17.2. The Morgan fingerprint density at radius 1 is 0.520 bits per heavy atom. The summed E-state index contributed by atoms with van der Waals surface area (Å²) in [7, 11) is -8.82. The Morgan fingerprint density at radius 3 is 1.36 bits per heavy atom. The molecule has 0 saturated heterocycles. The number of hydrogen-bond acceptors (Lipinski definition) is 9. The number of aliphatic hydroxyl groups is 1. The van der Waals surface area contributed by atoms with Crippen LogP contribution in [0, 0.1) is 0 Å². The Bertz CT molecular complexity index is 1060. The van der Waals surface area contributed by atoms with E-state index in [1.165, 1.54) is 0 Å². The van der Waals surface area contributed by atoms with Crippen LogP contribution < -0.4 is 0 Å². The summed E-state index contributed by atoms with van der Waals surface area (Å²) >= 11 is 0. The van der Waals surface area contributed by atoms with Crippen molar-refractivity contribution in [1.82, 2.24) is 0 Å².